The number of amides is 1. The number of esters is 1. The minimum absolute atomic E-state index is 0.0792. The third-order valence-corrected chi connectivity index (χ3v) is 3.53. The van der Waals surface area contributed by atoms with E-state index in [2.05, 4.69) is 5.32 Å². The summed E-state index contributed by atoms with van der Waals surface area (Å²) in [5.41, 5.74) is 0.393. The fraction of sp³-hybridized carbons (Fsp3) is 0.550. The number of rotatable bonds is 10. The molecule has 1 amide bonds. The molecule has 1 aromatic rings. The Balaban J connectivity index is 2.17. The zero-order valence-corrected chi connectivity index (χ0v) is 15.8. The van der Waals surface area contributed by atoms with Gasteiger partial charge in [-0.15, -0.1) is 0 Å². The number of unbranched alkanes of at least 4 members (excludes halogenated alkanes) is 1. The molecule has 0 fully saturated rings. The second kappa shape index (κ2) is 11.3. The first-order valence-electron chi connectivity index (χ1n) is 8.92. The van der Waals surface area contributed by atoms with Crippen molar-refractivity contribution < 1.29 is 23.9 Å². The van der Waals surface area contributed by atoms with Crippen molar-refractivity contribution in [3.05, 3.63) is 35.9 Å². The monoisotopic (exact) mass is 363 g/mol. The van der Waals surface area contributed by atoms with E-state index in [1.54, 1.807) is 20.8 Å². The largest absolute Gasteiger partial charge is 0.461 e. The van der Waals surface area contributed by atoms with E-state index in [9.17, 15) is 14.4 Å². The number of benzene rings is 1. The smallest absolute Gasteiger partial charge is 0.407 e. The molecule has 144 valence electrons. The number of aldehydes is 1. The van der Waals surface area contributed by atoms with Gasteiger partial charge in [0.1, 0.15) is 18.5 Å². The minimum atomic E-state index is -0.521. The standard InChI is InChI=1S/C20H29NO5/c1-20(2,3)26-19(24)21-12-8-7-11-17(14-22)13-18(23)25-15-16-9-5-4-6-10-16/h4-6,9-10,14,17H,7-8,11-13,15H2,1-3H3,(H,21,24)/t17-/m1/s1. The summed E-state index contributed by atoms with van der Waals surface area (Å²) < 4.78 is 10.3. The summed E-state index contributed by atoms with van der Waals surface area (Å²) in [5.74, 6) is -0.738. The lowest BCUT2D eigenvalue weighted by atomic mass is 10.00. The average molecular weight is 363 g/mol. The average Bonchev–Trinajstić information content (AvgIpc) is 2.58. The van der Waals surface area contributed by atoms with Gasteiger partial charge in [-0.3, -0.25) is 4.79 Å². The van der Waals surface area contributed by atoms with Crippen molar-refractivity contribution in [2.24, 2.45) is 5.92 Å². The van der Waals surface area contributed by atoms with Crippen molar-refractivity contribution in [1.29, 1.82) is 0 Å². The fourth-order valence-electron chi connectivity index (χ4n) is 2.27. The zero-order valence-electron chi connectivity index (χ0n) is 15.8. The highest BCUT2D eigenvalue weighted by Crippen LogP contribution is 2.12. The van der Waals surface area contributed by atoms with Gasteiger partial charge in [0.25, 0.3) is 0 Å². The van der Waals surface area contributed by atoms with Crippen LogP contribution in [0, 0.1) is 5.92 Å². The topological polar surface area (TPSA) is 81.7 Å². The Morgan fingerprint density at radius 3 is 2.46 bits per heavy atom. The summed E-state index contributed by atoms with van der Waals surface area (Å²) >= 11 is 0. The van der Waals surface area contributed by atoms with Gasteiger partial charge in [-0.2, -0.15) is 0 Å². The van der Waals surface area contributed by atoms with Crippen LogP contribution < -0.4 is 5.32 Å². The predicted molar refractivity (Wildman–Crippen MR) is 98.5 cm³/mol. The minimum Gasteiger partial charge on any atom is -0.461 e. The normalized spacial score (nSPS) is 12.1. The first kappa shape index (κ1) is 21.7. The molecule has 0 spiro atoms. The molecule has 6 heteroatoms. The van der Waals surface area contributed by atoms with Crippen molar-refractivity contribution in [3.8, 4) is 0 Å². The maximum Gasteiger partial charge on any atom is 0.407 e. The van der Waals surface area contributed by atoms with E-state index in [4.69, 9.17) is 9.47 Å². The SMILES string of the molecule is CC(C)(C)OC(=O)NCCCC[C@@H](C=O)CC(=O)OCc1ccccc1. The van der Waals surface area contributed by atoms with Gasteiger partial charge in [-0.1, -0.05) is 36.8 Å². The molecule has 0 radical (unpaired) electrons. The van der Waals surface area contributed by atoms with Gasteiger partial charge in [0.05, 0.1) is 6.42 Å². The lowest BCUT2D eigenvalue weighted by Crippen LogP contribution is -2.33. The van der Waals surface area contributed by atoms with Crippen LogP contribution in [-0.2, 0) is 25.7 Å². The highest BCUT2D eigenvalue weighted by Gasteiger charge is 2.16. The molecule has 0 unspecified atom stereocenters. The van der Waals surface area contributed by atoms with E-state index in [1.165, 1.54) is 0 Å². The van der Waals surface area contributed by atoms with Crippen molar-refractivity contribution in [2.75, 3.05) is 6.54 Å². The van der Waals surface area contributed by atoms with E-state index >= 15 is 0 Å². The summed E-state index contributed by atoms with van der Waals surface area (Å²) in [7, 11) is 0. The molecular weight excluding hydrogens is 334 g/mol. The van der Waals surface area contributed by atoms with Gasteiger partial charge in [-0.25, -0.2) is 4.79 Å². The molecular formula is C20H29NO5. The Bertz CT molecular complexity index is 565. The maximum atomic E-state index is 11.8. The number of hydrogen-bond donors (Lipinski definition) is 1. The Morgan fingerprint density at radius 2 is 1.85 bits per heavy atom. The van der Waals surface area contributed by atoms with Crippen molar-refractivity contribution in [2.45, 2.75) is 58.7 Å². The molecule has 26 heavy (non-hydrogen) atoms. The van der Waals surface area contributed by atoms with Gasteiger partial charge >= 0.3 is 12.1 Å². The first-order valence-corrected chi connectivity index (χ1v) is 8.92. The zero-order chi connectivity index (χ0) is 19.4. The molecule has 0 aliphatic carbocycles. The highest BCUT2D eigenvalue weighted by molar-refractivity contribution is 5.73. The third kappa shape index (κ3) is 10.5. The van der Waals surface area contributed by atoms with Crippen molar-refractivity contribution in [3.63, 3.8) is 0 Å². The van der Waals surface area contributed by atoms with E-state index in [0.717, 1.165) is 18.3 Å². The first-order chi connectivity index (χ1) is 12.3. The molecule has 0 saturated carbocycles. The summed E-state index contributed by atoms with van der Waals surface area (Å²) in [6.45, 7) is 6.10. The Labute approximate surface area is 155 Å². The summed E-state index contributed by atoms with van der Waals surface area (Å²) in [5, 5.41) is 2.67. The van der Waals surface area contributed by atoms with Crippen LogP contribution in [0.5, 0.6) is 0 Å². The molecule has 0 bridgehead atoms. The Hall–Kier alpha value is -2.37. The molecule has 0 aliphatic rings. The molecule has 1 N–H and O–H groups in total. The number of ether oxygens (including phenoxy) is 2. The second-order valence-electron chi connectivity index (χ2n) is 7.17. The van der Waals surface area contributed by atoms with Crippen LogP contribution in [0.15, 0.2) is 30.3 Å². The summed E-state index contributed by atoms with van der Waals surface area (Å²) in [4.78, 5) is 34.5. The van der Waals surface area contributed by atoms with Crippen molar-refractivity contribution in [1.82, 2.24) is 5.32 Å². The van der Waals surface area contributed by atoms with E-state index in [0.29, 0.717) is 19.4 Å². The lowest BCUT2D eigenvalue weighted by Gasteiger charge is -2.19. The van der Waals surface area contributed by atoms with Gasteiger partial charge in [-0.05, 0) is 39.2 Å². The van der Waals surface area contributed by atoms with E-state index in [1.807, 2.05) is 30.3 Å². The molecule has 6 nitrogen and oxygen atoms in total. The number of carbonyl (C=O) groups excluding carboxylic acids is 3. The fourth-order valence-corrected chi connectivity index (χ4v) is 2.27. The van der Waals surface area contributed by atoms with Crippen LogP contribution in [0.25, 0.3) is 0 Å². The van der Waals surface area contributed by atoms with Crippen LogP contribution in [0.4, 0.5) is 4.79 Å². The van der Waals surface area contributed by atoms with Gasteiger partial charge in [0.15, 0.2) is 0 Å². The van der Waals surface area contributed by atoms with Crippen LogP contribution in [-0.4, -0.2) is 30.5 Å². The number of hydrogen-bond acceptors (Lipinski definition) is 5. The number of alkyl carbamates (subject to hydrolysis) is 1. The Morgan fingerprint density at radius 1 is 1.15 bits per heavy atom. The third-order valence-electron chi connectivity index (χ3n) is 3.53. The number of nitrogens with one attached hydrogen (secondary N) is 1. The number of carbonyl (C=O) groups is 3. The maximum absolute atomic E-state index is 11.8. The highest BCUT2D eigenvalue weighted by atomic mass is 16.6. The second-order valence-corrected chi connectivity index (χ2v) is 7.17. The molecule has 1 aromatic carbocycles. The molecule has 1 atom stereocenters. The quantitative estimate of drug-likeness (QED) is 0.390. The van der Waals surface area contributed by atoms with E-state index in [-0.39, 0.29) is 24.9 Å². The lowest BCUT2D eigenvalue weighted by molar-refractivity contribution is -0.147. The van der Waals surface area contributed by atoms with Crippen molar-refractivity contribution >= 4 is 18.3 Å². The molecule has 1 rings (SSSR count). The van der Waals surface area contributed by atoms with Gasteiger partial charge in [0.2, 0.25) is 0 Å². The van der Waals surface area contributed by atoms with Crippen LogP contribution in [0.3, 0.4) is 0 Å². The molecule has 0 saturated heterocycles. The van der Waals surface area contributed by atoms with Crippen LogP contribution in [0.1, 0.15) is 52.0 Å². The molecule has 0 heterocycles. The Kier molecular flexibility index (Phi) is 9.41. The van der Waals surface area contributed by atoms with Crippen LogP contribution in [0.2, 0.25) is 0 Å². The van der Waals surface area contributed by atoms with Gasteiger partial charge in [0, 0.05) is 12.5 Å². The van der Waals surface area contributed by atoms with Crippen LogP contribution >= 0.6 is 0 Å². The van der Waals surface area contributed by atoms with E-state index < -0.39 is 11.7 Å². The molecule has 0 aromatic heterocycles. The predicted octanol–water partition coefficient (Wildman–Crippen LogP) is 3.63. The summed E-state index contributed by atoms with van der Waals surface area (Å²) in [6, 6.07) is 9.40. The van der Waals surface area contributed by atoms with Gasteiger partial charge < -0.3 is 19.6 Å². The molecule has 0 aliphatic heterocycles. The summed E-state index contributed by atoms with van der Waals surface area (Å²) in [6.07, 6.45) is 2.45.